The zero-order valence-corrected chi connectivity index (χ0v) is 13.3. The average Bonchev–Trinajstić information content (AvgIpc) is 3.06. The molecule has 0 unspecified atom stereocenters. The van der Waals surface area contributed by atoms with E-state index in [0.717, 1.165) is 11.1 Å². The Morgan fingerprint density at radius 1 is 1.14 bits per heavy atom. The number of benzene rings is 2. The van der Waals surface area contributed by atoms with E-state index in [1.165, 1.54) is 17.7 Å². The third-order valence-electron chi connectivity index (χ3n) is 5.01. The first-order valence-electron chi connectivity index (χ1n) is 7.74. The fourth-order valence-electron chi connectivity index (χ4n) is 3.65. The molecule has 1 nitrogen and oxygen atoms in total. The normalized spacial score (nSPS) is 22.4. The summed E-state index contributed by atoms with van der Waals surface area (Å²) in [5, 5.41) is 0. The number of halogens is 1. The molecule has 0 radical (unpaired) electrons. The lowest BCUT2D eigenvalue weighted by Gasteiger charge is -2.06. The molecule has 2 atom stereocenters. The highest BCUT2D eigenvalue weighted by molar-refractivity contribution is 5.88. The third kappa shape index (κ3) is 2.58. The van der Waals surface area contributed by atoms with E-state index in [2.05, 4.69) is 26.0 Å². The summed E-state index contributed by atoms with van der Waals surface area (Å²) in [7, 11) is 0. The third-order valence-corrected chi connectivity index (χ3v) is 5.01. The molecule has 0 aliphatic heterocycles. The van der Waals surface area contributed by atoms with Crippen molar-refractivity contribution in [3.8, 4) is 0 Å². The first-order valence-corrected chi connectivity index (χ1v) is 7.74. The van der Waals surface area contributed by atoms with Gasteiger partial charge in [-0.1, -0.05) is 50.2 Å². The van der Waals surface area contributed by atoms with Gasteiger partial charge in [0.25, 0.3) is 0 Å². The van der Waals surface area contributed by atoms with Gasteiger partial charge in [-0.2, -0.15) is 0 Å². The van der Waals surface area contributed by atoms with Crippen LogP contribution in [-0.4, -0.2) is 5.78 Å². The highest BCUT2D eigenvalue weighted by Crippen LogP contribution is 2.64. The number of Topliss-reactive ketones (excluding diaryl/α,β-unsaturated/α-hetero) is 1. The van der Waals surface area contributed by atoms with Crippen LogP contribution < -0.4 is 0 Å². The topological polar surface area (TPSA) is 17.1 Å². The molecule has 0 spiro atoms. The minimum Gasteiger partial charge on any atom is -0.299 e. The molecule has 3 rings (SSSR count). The Hall–Kier alpha value is -1.96. The predicted molar refractivity (Wildman–Crippen MR) is 86.3 cm³/mol. The van der Waals surface area contributed by atoms with Gasteiger partial charge in [0.15, 0.2) is 0 Å². The Morgan fingerprint density at radius 2 is 1.82 bits per heavy atom. The van der Waals surface area contributed by atoms with Crippen LogP contribution in [0.5, 0.6) is 0 Å². The molecule has 1 fully saturated rings. The second kappa shape index (κ2) is 5.35. The second-order valence-corrected chi connectivity index (χ2v) is 6.90. The molecule has 1 aliphatic rings. The van der Waals surface area contributed by atoms with Crippen LogP contribution >= 0.6 is 0 Å². The van der Waals surface area contributed by atoms with Crippen molar-refractivity contribution >= 4 is 5.78 Å². The molecule has 2 aromatic carbocycles. The quantitative estimate of drug-likeness (QED) is 0.800. The van der Waals surface area contributed by atoms with E-state index in [0.29, 0.717) is 6.42 Å². The van der Waals surface area contributed by atoms with Gasteiger partial charge < -0.3 is 0 Å². The van der Waals surface area contributed by atoms with Gasteiger partial charge in [0.2, 0.25) is 0 Å². The number of hydrogen-bond acceptors (Lipinski definition) is 1. The molecule has 0 N–H and O–H groups in total. The van der Waals surface area contributed by atoms with Gasteiger partial charge in [-0.25, -0.2) is 4.39 Å². The fraction of sp³-hybridized carbons (Fsp3) is 0.350. The second-order valence-electron chi connectivity index (χ2n) is 6.90. The van der Waals surface area contributed by atoms with Crippen LogP contribution in [-0.2, 0) is 11.2 Å². The lowest BCUT2D eigenvalue weighted by atomic mass is 9.98. The van der Waals surface area contributed by atoms with Crippen LogP contribution in [0.1, 0.15) is 36.5 Å². The van der Waals surface area contributed by atoms with Crippen molar-refractivity contribution < 1.29 is 9.18 Å². The predicted octanol–water partition coefficient (Wildman–Crippen LogP) is 4.69. The summed E-state index contributed by atoms with van der Waals surface area (Å²) in [5.74, 6) is 0.239. The summed E-state index contributed by atoms with van der Waals surface area (Å²) in [4.78, 5) is 12.7. The maximum absolute atomic E-state index is 13.4. The van der Waals surface area contributed by atoms with Crippen molar-refractivity contribution in [3.05, 3.63) is 71.0 Å². The highest BCUT2D eigenvalue weighted by Gasteiger charge is 2.61. The maximum Gasteiger partial charge on any atom is 0.141 e. The number of hydrogen-bond donors (Lipinski definition) is 0. The molecule has 0 amide bonds. The molecule has 0 bridgehead atoms. The molecule has 0 saturated heterocycles. The largest absolute Gasteiger partial charge is 0.299 e. The molecule has 114 valence electrons. The minimum atomic E-state index is -0.275. The summed E-state index contributed by atoms with van der Waals surface area (Å²) in [6, 6.07) is 14.9. The average molecular weight is 296 g/mol. The van der Waals surface area contributed by atoms with Crippen molar-refractivity contribution in [2.24, 2.45) is 11.3 Å². The van der Waals surface area contributed by atoms with Crippen molar-refractivity contribution in [1.29, 1.82) is 0 Å². The number of carbonyl (C=O) groups excluding carboxylic acids is 1. The summed E-state index contributed by atoms with van der Waals surface area (Å²) in [6.07, 6.45) is 0.320. The minimum absolute atomic E-state index is 0.0142. The van der Waals surface area contributed by atoms with Gasteiger partial charge in [-0.15, -0.1) is 0 Å². The smallest absolute Gasteiger partial charge is 0.141 e. The van der Waals surface area contributed by atoms with Crippen molar-refractivity contribution in [2.75, 3.05) is 0 Å². The first kappa shape index (κ1) is 15.0. The number of aryl methyl sites for hydroxylation is 1. The Labute approximate surface area is 131 Å². The van der Waals surface area contributed by atoms with E-state index >= 15 is 0 Å². The van der Waals surface area contributed by atoms with Crippen molar-refractivity contribution in [2.45, 2.75) is 33.1 Å². The van der Waals surface area contributed by atoms with Gasteiger partial charge in [-0.05, 0) is 47.1 Å². The van der Waals surface area contributed by atoms with Gasteiger partial charge in [0, 0.05) is 12.3 Å². The van der Waals surface area contributed by atoms with E-state index in [9.17, 15) is 9.18 Å². The Morgan fingerprint density at radius 3 is 2.50 bits per heavy atom. The van der Waals surface area contributed by atoms with Crippen LogP contribution in [0.3, 0.4) is 0 Å². The lowest BCUT2D eigenvalue weighted by Crippen LogP contribution is -2.10. The molecule has 0 heterocycles. The lowest BCUT2D eigenvalue weighted by molar-refractivity contribution is -0.120. The van der Waals surface area contributed by atoms with Crippen LogP contribution in [0.25, 0.3) is 0 Å². The van der Waals surface area contributed by atoms with Crippen LogP contribution in [0.2, 0.25) is 0 Å². The number of ketones is 1. The summed E-state index contributed by atoms with van der Waals surface area (Å²) in [5.41, 5.74) is 2.99. The fourth-order valence-corrected chi connectivity index (χ4v) is 3.65. The van der Waals surface area contributed by atoms with Gasteiger partial charge in [0.05, 0.1) is 0 Å². The molecular weight excluding hydrogens is 275 g/mol. The van der Waals surface area contributed by atoms with E-state index in [1.54, 1.807) is 6.07 Å². The molecule has 2 aromatic rings. The summed E-state index contributed by atoms with van der Waals surface area (Å²) >= 11 is 0. The van der Waals surface area contributed by atoms with Gasteiger partial charge in [0.1, 0.15) is 11.6 Å². The SMILES string of the molecule is Cc1ccc(F)cc1CC(=O)[C@@H]1[C@@H](c2ccccc2)C1(C)C. The molecular formula is C20H21FO. The molecule has 2 heteroatoms. The molecule has 22 heavy (non-hydrogen) atoms. The zero-order valence-electron chi connectivity index (χ0n) is 13.3. The molecule has 1 saturated carbocycles. The Balaban J connectivity index is 1.80. The first-order chi connectivity index (χ1) is 10.4. The maximum atomic E-state index is 13.4. The van der Waals surface area contributed by atoms with E-state index in [4.69, 9.17) is 0 Å². The van der Waals surface area contributed by atoms with E-state index < -0.39 is 0 Å². The number of carbonyl (C=O) groups is 1. The molecule has 1 aliphatic carbocycles. The van der Waals surface area contributed by atoms with Crippen LogP contribution in [0.15, 0.2) is 48.5 Å². The van der Waals surface area contributed by atoms with E-state index in [-0.39, 0.29) is 28.9 Å². The summed E-state index contributed by atoms with van der Waals surface area (Å²) < 4.78 is 13.4. The number of rotatable bonds is 4. The Kier molecular flexibility index (Phi) is 3.64. The van der Waals surface area contributed by atoms with Gasteiger partial charge >= 0.3 is 0 Å². The van der Waals surface area contributed by atoms with Crippen LogP contribution in [0, 0.1) is 24.1 Å². The molecule has 0 aromatic heterocycles. The van der Waals surface area contributed by atoms with Crippen molar-refractivity contribution in [1.82, 2.24) is 0 Å². The summed E-state index contributed by atoms with van der Waals surface area (Å²) in [6.45, 7) is 6.21. The van der Waals surface area contributed by atoms with Crippen molar-refractivity contribution in [3.63, 3.8) is 0 Å². The Bertz CT molecular complexity index is 703. The standard InChI is InChI=1S/C20H21FO/c1-13-9-10-16(21)11-15(13)12-17(22)19-18(20(19,2)3)14-7-5-4-6-8-14/h4-11,18-19H,12H2,1-3H3/t18-,19-/m1/s1. The highest BCUT2D eigenvalue weighted by atomic mass is 19.1. The monoisotopic (exact) mass is 296 g/mol. The van der Waals surface area contributed by atoms with Gasteiger partial charge in [-0.3, -0.25) is 4.79 Å². The van der Waals surface area contributed by atoms with Crippen LogP contribution in [0.4, 0.5) is 4.39 Å². The van der Waals surface area contributed by atoms with E-state index in [1.807, 2.05) is 25.1 Å². The zero-order chi connectivity index (χ0) is 15.9.